The number of benzene rings is 1. The van der Waals surface area contributed by atoms with Gasteiger partial charge in [0, 0.05) is 0 Å². The summed E-state index contributed by atoms with van der Waals surface area (Å²) in [5.74, 6) is -1.44. The lowest BCUT2D eigenvalue weighted by Gasteiger charge is -2.05. The Labute approximate surface area is 79.2 Å². The van der Waals surface area contributed by atoms with Crippen molar-refractivity contribution in [1.29, 1.82) is 0 Å². The van der Waals surface area contributed by atoms with Gasteiger partial charge in [-0.25, -0.2) is 9.18 Å². The van der Waals surface area contributed by atoms with Crippen LogP contribution in [0.5, 0.6) is 0 Å². The van der Waals surface area contributed by atoms with Crippen LogP contribution in [0.25, 0.3) is 0 Å². The number of esters is 1. The van der Waals surface area contributed by atoms with Gasteiger partial charge in [-0.1, -0.05) is 11.6 Å². The number of hydrogen-bond donors (Lipinski definition) is 1. The van der Waals surface area contributed by atoms with E-state index in [1.54, 1.807) is 0 Å². The minimum absolute atomic E-state index is 0.0748. The van der Waals surface area contributed by atoms with E-state index in [-0.39, 0.29) is 16.3 Å². The summed E-state index contributed by atoms with van der Waals surface area (Å²) >= 11 is 5.63. The second-order valence-corrected chi connectivity index (χ2v) is 2.72. The smallest absolute Gasteiger partial charge is 0.341 e. The van der Waals surface area contributed by atoms with Crippen LogP contribution in [0, 0.1) is 5.82 Å². The molecule has 1 aromatic rings. The van der Waals surface area contributed by atoms with Gasteiger partial charge in [-0.15, -0.1) is 0 Å². The number of nitrogens with two attached hydrogens (primary N) is 1. The van der Waals surface area contributed by atoms with E-state index < -0.39 is 11.8 Å². The first-order valence-electron chi connectivity index (χ1n) is 3.39. The van der Waals surface area contributed by atoms with Gasteiger partial charge in [0.05, 0.1) is 17.8 Å². The van der Waals surface area contributed by atoms with Crippen molar-refractivity contribution in [2.24, 2.45) is 0 Å². The highest BCUT2D eigenvalue weighted by molar-refractivity contribution is 6.34. The average molecular weight is 204 g/mol. The molecule has 1 rings (SSSR count). The molecule has 0 aliphatic carbocycles. The molecule has 0 aliphatic heterocycles. The van der Waals surface area contributed by atoms with E-state index in [9.17, 15) is 9.18 Å². The highest BCUT2D eigenvalue weighted by Crippen LogP contribution is 2.25. The first kappa shape index (κ1) is 9.80. The van der Waals surface area contributed by atoms with Gasteiger partial charge in [0.2, 0.25) is 0 Å². The molecule has 0 aromatic heterocycles. The SMILES string of the molecule is COC(=O)c1c(Cl)ccc(F)c1N. The summed E-state index contributed by atoms with van der Waals surface area (Å²) in [6, 6.07) is 2.34. The minimum atomic E-state index is -0.748. The van der Waals surface area contributed by atoms with Crippen molar-refractivity contribution in [2.75, 3.05) is 12.8 Å². The summed E-state index contributed by atoms with van der Waals surface area (Å²) < 4.78 is 17.2. The van der Waals surface area contributed by atoms with Crippen molar-refractivity contribution < 1.29 is 13.9 Å². The number of rotatable bonds is 1. The number of hydrogen-bond acceptors (Lipinski definition) is 3. The van der Waals surface area contributed by atoms with Crippen molar-refractivity contribution in [3.05, 3.63) is 28.5 Å². The molecular weight excluding hydrogens is 197 g/mol. The van der Waals surface area contributed by atoms with Crippen molar-refractivity contribution in [2.45, 2.75) is 0 Å². The van der Waals surface area contributed by atoms with Gasteiger partial charge in [0.1, 0.15) is 11.4 Å². The monoisotopic (exact) mass is 203 g/mol. The minimum Gasteiger partial charge on any atom is -0.465 e. The van der Waals surface area contributed by atoms with Crippen molar-refractivity contribution >= 4 is 23.3 Å². The highest BCUT2D eigenvalue weighted by atomic mass is 35.5. The van der Waals surface area contributed by atoms with Gasteiger partial charge >= 0.3 is 5.97 Å². The molecule has 2 N–H and O–H groups in total. The fourth-order valence-electron chi connectivity index (χ4n) is 0.877. The third kappa shape index (κ3) is 1.72. The van der Waals surface area contributed by atoms with Crippen molar-refractivity contribution in [3.63, 3.8) is 0 Å². The fourth-order valence-corrected chi connectivity index (χ4v) is 1.12. The quantitative estimate of drug-likeness (QED) is 0.560. The largest absolute Gasteiger partial charge is 0.465 e. The predicted octanol–water partition coefficient (Wildman–Crippen LogP) is 1.85. The van der Waals surface area contributed by atoms with E-state index in [1.807, 2.05) is 0 Å². The molecule has 0 spiro atoms. The molecule has 70 valence electrons. The van der Waals surface area contributed by atoms with E-state index in [0.717, 1.165) is 6.07 Å². The lowest BCUT2D eigenvalue weighted by molar-refractivity contribution is 0.0601. The molecule has 3 nitrogen and oxygen atoms in total. The topological polar surface area (TPSA) is 52.3 Å². The Morgan fingerprint density at radius 2 is 2.23 bits per heavy atom. The Bertz CT molecular complexity index is 354. The van der Waals surface area contributed by atoms with Crippen LogP contribution in [0.4, 0.5) is 10.1 Å². The zero-order chi connectivity index (χ0) is 10.0. The van der Waals surface area contributed by atoms with Crippen LogP contribution in [-0.4, -0.2) is 13.1 Å². The normalized spacial score (nSPS) is 9.77. The predicted molar refractivity (Wildman–Crippen MR) is 47.2 cm³/mol. The van der Waals surface area contributed by atoms with Crippen LogP contribution >= 0.6 is 11.6 Å². The third-order valence-electron chi connectivity index (χ3n) is 1.53. The van der Waals surface area contributed by atoms with Crippen molar-refractivity contribution in [3.8, 4) is 0 Å². The molecule has 0 atom stereocenters. The summed E-state index contributed by atoms with van der Waals surface area (Å²) in [5, 5.41) is 0.0748. The van der Waals surface area contributed by atoms with Gasteiger partial charge < -0.3 is 10.5 Å². The number of anilines is 1. The van der Waals surface area contributed by atoms with Crippen LogP contribution < -0.4 is 5.73 Å². The number of methoxy groups -OCH3 is 1. The molecule has 0 bridgehead atoms. The summed E-state index contributed by atoms with van der Waals surface area (Å²) in [5.41, 5.74) is 4.87. The van der Waals surface area contributed by atoms with Gasteiger partial charge in [0.25, 0.3) is 0 Å². The number of carbonyl (C=O) groups is 1. The number of nitrogen functional groups attached to an aromatic ring is 1. The lowest BCUT2D eigenvalue weighted by atomic mass is 10.2. The second kappa shape index (κ2) is 3.62. The van der Waals surface area contributed by atoms with Crippen LogP contribution in [0.3, 0.4) is 0 Å². The van der Waals surface area contributed by atoms with E-state index in [4.69, 9.17) is 17.3 Å². The van der Waals surface area contributed by atoms with Crippen LogP contribution in [0.15, 0.2) is 12.1 Å². The second-order valence-electron chi connectivity index (χ2n) is 2.31. The molecule has 5 heteroatoms. The Kier molecular flexibility index (Phi) is 2.72. The van der Waals surface area contributed by atoms with E-state index >= 15 is 0 Å². The van der Waals surface area contributed by atoms with Crippen molar-refractivity contribution in [1.82, 2.24) is 0 Å². The molecule has 13 heavy (non-hydrogen) atoms. The molecule has 0 aliphatic rings. The van der Waals surface area contributed by atoms with E-state index in [0.29, 0.717) is 0 Å². The lowest BCUT2D eigenvalue weighted by Crippen LogP contribution is -2.08. The van der Waals surface area contributed by atoms with Gasteiger partial charge in [-0.05, 0) is 12.1 Å². The number of ether oxygens (including phenoxy) is 1. The van der Waals surface area contributed by atoms with E-state index in [1.165, 1.54) is 13.2 Å². The first-order chi connectivity index (χ1) is 6.07. The molecule has 0 saturated carbocycles. The maximum absolute atomic E-state index is 12.9. The van der Waals surface area contributed by atoms with Crippen LogP contribution in [-0.2, 0) is 4.74 Å². The summed E-state index contributed by atoms with van der Waals surface area (Å²) in [6.07, 6.45) is 0. The van der Waals surface area contributed by atoms with Gasteiger partial charge in [-0.2, -0.15) is 0 Å². The third-order valence-corrected chi connectivity index (χ3v) is 1.85. The number of halogens is 2. The Balaban J connectivity index is 3.33. The Hall–Kier alpha value is -1.29. The Morgan fingerprint density at radius 3 is 2.77 bits per heavy atom. The molecular formula is C8H7ClFNO2. The molecule has 1 aromatic carbocycles. The molecule has 0 saturated heterocycles. The summed E-state index contributed by atoms with van der Waals surface area (Å²) in [4.78, 5) is 11.1. The molecule has 0 unspecified atom stereocenters. The molecule has 0 amide bonds. The maximum atomic E-state index is 12.9. The zero-order valence-electron chi connectivity index (χ0n) is 6.80. The van der Waals surface area contributed by atoms with Gasteiger partial charge in [-0.3, -0.25) is 0 Å². The summed E-state index contributed by atoms with van der Waals surface area (Å²) in [6.45, 7) is 0. The highest BCUT2D eigenvalue weighted by Gasteiger charge is 2.17. The maximum Gasteiger partial charge on any atom is 0.341 e. The van der Waals surface area contributed by atoms with E-state index in [2.05, 4.69) is 4.74 Å². The van der Waals surface area contributed by atoms with Gasteiger partial charge in [0.15, 0.2) is 0 Å². The summed E-state index contributed by atoms with van der Waals surface area (Å²) in [7, 11) is 1.17. The Morgan fingerprint density at radius 1 is 1.62 bits per heavy atom. The molecule has 0 radical (unpaired) electrons. The zero-order valence-corrected chi connectivity index (χ0v) is 7.56. The first-order valence-corrected chi connectivity index (χ1v) is 3.77. The average Bonchev–Trinajstić information content (AvgIpc) is 2.12. The molecule has 0 heterocycles. The standard InChI is InChI=1S/C8H7ClFNO2/c1-13-8(12)6-4(9)2-3-5(10)7(6)11/h2-3H,11H2,1H3. The fraction of sp³-hybridized carbons (Fsp3) is 0.125. The van der Waals surface area contributed by atoms with Crippen LogP contribution in [0.2, 0.25) is 5.02 Å². The molecule has 0 fully saturated rings. The number of carbonyl (C=O) groups excluding carboxylic acids is 1. The van der Waals surface area contributed by atoms with Crippen LogP contribution in [0.1, 0.15) is 10.4 Å².